The molecule has 0 radical (unpaired) electrons. The van der Waals surface area contributed by atoms with Gasteiger partial charge in [0.1, 0.15) is 0 Å². The number of carbonyl (C=O) groups is 2. The molecule has 0 aliphatic rings. The highest BCUT2D eigenvalue weighted by Crippen LogP contribution is 2.20. The first-order valence-electron chi connectivity index (χ1n) is 8.61. The fraction of sp³-hybridized carbons (Fsp3) is 0.278. The Morgan fingerprint density at radius 1 is 0.966 bits per heavy atom. The summed E-state index contributed by atoms with van der Waals surface area (Å²) in [6, 6.07) is 6.74. The van der Waals surface area contributed by atoms with Gasteiger partial charge in [0.25, 0.3) is 5.56 Å². The van der Waals surface area contributed by atoms with Crippen LogP contribution in [0, 0.1) is 0 Å². The Kier molecular flexibility index (Phi) is 5.59. The molecule has 0 aliphatic carbocycles. The van der Waals surface area contributed by atoms with E-state index in [1.165, 1.54) is 18.5 Å². The molecule has 2 aromatic heterocycles. The average Bonchev–Trinajstić information content (AvgIpc) is 3.01. The van der Waals surface area contributed by atoms with Crippen LogP contribution < -0.4 is 21.9 Å². The minimum atomic E-state index is -0.461. The maximum atomic E-state index is 12.4. The number of benzene rings is 1. The summed E-state index contributed by atoms with van der Waals surface area (Å²) in [6.07, 6.45) is 0. The van der Waals surface area contributed by atoms with Crippen molar-refractivity contribution in [2.45, 2.75) is 12.1 Å². The first-order chi connectivity index (χ1) is 13.7. The average molecular weight is 416 g/mol. The van der Waals surface area contributed by atoms with E-state index in [4.69, 9.17) is 0 Å². The van der Waals surface area contributed by atoms with Gasteiger partial charge in [-0.1, -0.05) is 11.8 Å². The zero-order valence-corrected chi connectivity index (χ0v) is 17.2. The van der Waals surface area contributed by atoms with Crippen LogP contribution in [-0.2, 0) is 30.7 Å². The SMILES string of the molecule is CC(=O)Nc1ccc(NC(=O)CSc2nc3c(c(=O)n(C)c(=O)n3C)n2C)cc1. The van der Waals surface area contributed by atoms with Crippen LogP contribution in [0.3, 0.4) is 0 Å². The number of hydrogen-bond donors (Lipinski definition) is 2. The van der Waals surface area contributed by atoms with Gasteiger partial charge in [0.05, 0.1) is 5.75 Å². The minimum absolute atomic E-state index is 0.0683. The van der Waals surface area contributed by atoms with Crippen molar-refractivity contribution in [2.75, 3.05) is 16.4 Å². The van der Waals surface area contributed by atoms with Crippen LogP contribution in [-0.4, -0.2) is 36.3 Å². The second kappa shape index (κ2) is 7.95. The Hall–Kier alpha value is -3.34. The lowest BCUT2D eigenvalue weighted by molar-refractivity contribution is -0.114. The van der Waals surface area contributed by atoms with E-state index in [1.54, 1.807) is 42.9 Å². The first-order valence-corrected chi connectivity index (χ1v) is 9.60. The van der Waals surface area contributed by atoms with Gasteiger partial charge in [-0.25, -0.2) is 9.78 Å². The second-order valence-electron chi connectivity index (χ2n) is 6.43. The molecule has 3 aromatic rings. The first kappa shape index (κ1) is 20.4. The maximum absolute atomic E-state index is 12.4. The van der Waals surface area contributed by atoms with Gasteiger partial charge in [0.2, 0.25) is 11.8 Å². The second-order valence-corrected chi connectivity index (χ2v) is 7.37. The Labute approximate surface area is 169 Å². The topological polar surface area (TPSA) is 120 Å². The van der Waals surface area contributed by atoms with Crippen LogP contribution in [0.25, 0.3) is 11.2 Å². The van der Waals surface area contributed by atoms with Crippen LogP contribution in [0.15, 0.2) is 39.0 Å². The molecule has 0 bridgehead atoms. The van der Waals surface area contributed by atoms with Gasteiger partial charge in [-0.05, 0) is 24.3 Å². The zero-order chi connectivity index (χ0) is 21.3. The molecule has 0 unspecified atom stereocenters. The lowest BCUT2D eigenvalue weighted by atomic mass is 10.3. The van der Waals surface area contributed by atoms with Gasteiger partial charge in [0, 0.05) is 39.4 Å². The third kappa shape index (κ3) is 4.09. The summed E-state index contributed by atoms with van der Waals surface area (Å²) in [5, 5.41) is 5.86. The monoisotopic (exact) mass is 416 g/mol. The van der Waals surface area contributed by atoms with Crippen LogP contribution in [0.5, 0.6) is 0 Å². The van der Waals surface area contributed by atoms with Crippen molar-refractivity contribution < 1.29 is 9.59 Å². The molecule has 3 rings (SSSR count). The number of nitrogens with one attached hydrogen (secondary N) is 2. The number of hydrogen-bond acceptors (Lipinski definition) is 6. The molecule has 2 N–H and O–H groups in total. The van der Waals surface area contributed by atoms with E-state index in [0.29, 0.717) is 22.0 Å². The maximum Gasteiger partial charge on any atom is 0.332 e. The number of anilines is 2. The van der Waals surface area contributed by atoms with Crippen molar-refractivity contribution in [1.82, 2.24) is 18.7 Å². The van der Waals surface area contributed by atoms with Crippen molar-refractivity contribution in [1.29, 1.82) is 0 Å². The molecule has 0 aliphatic heterocycles. The molecular formula is C18H20N6O4S. The predicted octanol–water partition coefficient (Wildman–Crippen LogP) is 0.660. The van der Waals surface area contributed by atoms with Crippen molar-refractivity contribution in [3.63, 3.8) is 0 Å². The van der Waals surface area contributed by atoms with Gasteiger partial charge in [-0.15, -0.1) is 0 Å². The number of nitrogens with zero attached hydrogens (tertiary/aromatic N) is 4. The summed E-state index contributed by atoms with van der Waals surface area (Å²) in [7, 11) is 4.62. The Morgan fingerprint density at radius 3 is 2.14 bits per heavy atom. The molecule has 0 spiro atoms. The normalized spacial score (nSPS) is 10.9. The van der Waals surface area contributed by atoms with E-state index in [0.717, 1.165) is 16.3 Å². The number of imidazole rings is 1. The molecule has 2 amide bonds. The third-order valence-corrected chi connectivity index (χ3v) is 5.29. The third-order valence-electron chi connectivity index (χ3n) is 4.26. The Balaban J connectivity index is 1.73. The van der Waals surface area contributed by atoms with Gasteiger partial charge in [-0.3, -0.25) is 23.5 Å². The van der Waals surface area contributed by atoms with Gasteiger partial charge >= 0.3 is 5.69 Å². The van der Waals surface area contributed by atoms with Gasteiger partial charge in [0.15, 0.2) is 16.3 Å². The van der Waals surface area contributed by atoms with Crippen LogP contribution in [0.4, 0.5) is 11.4 Å². The number of aryl methyl sites for hydroxylation is 2. The van der Waals surface area contributed by atoms with Crippen LogP contribution >= 0.6 is 11.8 Å². The molecular weight excluding hydrogens is 396 g/mol. The molecule has 11 heteroatoms. The summed E-state index contributed by atoms with van der Waals surface area (Å²) < 4.78 is 3.91. The van der Waals surface area contributed by atoms with E-state index in [2.05, 4.69) is 15.6 Å². The number of thioether (sulfide) groups is 1. The largest absolute Gasteiger partial charge is 0.332 e. The van der Waals surface area contributed by atoms with Gasteiger partial charge in [-0.2, -0.15) is 0 Å². The fourth-order valence-corrected chi connectivity index (χ4v) is 3.56. The molecule has 0 atom stereocenters. The molecule has 2 heterocycles. The highest BCUT2D eigenvalue weighted by molar-refractivity contribution is 7.99. The van der Waals surface area contributed by atoms with Gasteiger partial charge < -0.3 is 15.2 Å². The summed E-state index contributed by atoms with van der Waals surface area (Å²) in [5.41, 5.74) is 0.900. The Morgan fingerprint density at radius 2 is 1.55 bits per heavy atom. The van der Waals surface area contributed by atoms with E-state index in [1.807, 2.05) is 0 Å². The molecule has 10 nitrogen and oxygen atoms in total. The molecule has 29 heavy (non-hydrogen) atoms. The molecule has 0 fully saturated rings. The smallest absolute Gasteiger partial charge is 0.326 e. The molecule has 152 valence electrons. The van der Waals surface area contributed by atoms with E-state index in [-0.39, 0.29) is 23.2 Å². The number of aromatic nitrogens is 4. The molecule has 1 aromatic carbocycles. The quantitative estimate of drug-likeness (QED) is 0.590. The number of rotatable bonds is 5. The Bertz CT molecular complexity index is 1220. The predicted molar refractivity (Wildman–Crippen MR) is 111 cm³/mol. The van der Waals surface area contributed by atoms with E-state index >= 15 is 0 Å². The number of carbonyl (C=O) groups excluding carboxylic acids is 2. The summed E-state index contributed by atoms with van der Waals surface area (Å²) in [4.78, 5) is 52.1. The van der Waals surface area contributed by atoms with Crippen LogP contribution in [0.1, 0.15) is 6.92 Å². The summed E-state index contributed by atoms with van der Waals surface area (Å²) in [6.45, 7) is 1.42. The summed E-state index contributed by atoms with van der Waals surface area (Å²) >= 11 is 1.16. The van der Waals surface area contributed by atoms with E-state index in [9.17, 15) is 19.2 Å². The lowest BCUT2D eigenvalue weighted by Crippen LogP contribution is -2.37. The standard InChI is InChI=1S/C18H20N6O4S/c1-10(25)19-11-5-7-12(8-6-11)20-13(26)9-29-17-21-15-14(22(17)2)16(27)24(4)18(28)23(15)3/h5-8H,9H2,1-4H3,(H,19,25)(H,20,26). The van der Waals surface area contributed by atoms with Crippen molar-refractivity contribution >= 4 is 46.1 Å². The molecule has 0 saturated carbocycles. The summed E-state index contributed by atoms with van der Waals surface area (Å²) in [5.74, 6) is -0.358. The van der Waals surface area contributed by atoms with Crippen molar-refractivity contribution in [2.24, 2.45) is 21.1 Å². The highest BCUT2D eigenvalue weighted by Gasteiger charge is 2.18. The number of amides is 2. The van der Waals surface area contributed by atoms with Crippen LogP contribution in [0.2, 0.25) is 0 Å². The van der Waals surface area contributed by atoms with Crippen molar-refractivity contribution in [3.8, 4) is 0 Å². The number of fused-ring (bicyclic) bond motifs is 1. The minimum Gasteiger partial charge on any atom is -0.326 e. The fourth-order valence-electron chi connectivity index (χ4n) is 2.79. The molecule has 0 saturated heterocycles. The lowest BCUT2D eigenvalue weighted by Gasteiger charge is -2.07. The van der Waals surface area contributed by atoms with Crippen molar-refractivity contribution in [3.05, 3.63) is 45.1 Å². The van der Waals surface area contributed by atoms with E-state index < -0.39 is 11.2 Å². The zero-order valence-electron chi connectivity index (χ0n) is 16.3. The highest BCUT2D eigenvalue weighted by atomic mass is 32.2.